The molecule has 0 aromatic carbocycles. The summed E-state index contributed by atoms with van der Waals surface area (Å²) in [5.74, 6) is 0.733. The number of H-pyrrole nitrogens is 1. The van der Waals surface area contributed by atoms with Crippen molar-refractivity contribution in [3.63, 3.8) is 0 Å². The average molecular weight is 297 g/mol. The highest BCUT2D eigenvalue weighted by Gasteiger charge is 2.23. The SMILES string of the molecule is CNCc1cc(S(=O)(=O)N(C)Cc2ccoc2C)c[nH]1. The molecule has 0 fully saturated rings. The Morgan fingerprint density at radius 2 is 2.20 bits per heavy atom. The van der Waals surface area contributed by atoms with Gasteiger partial charge in [0.15, 0.2) is 0 Å². The summed E-state index contributed by atoms with van der Waals surface area (Å²) < 4.78 is 31.4. The van der Waals surface area contributed by atoms with Gasteiger partial charge in [0.2, 0.25) is 10.0 Å². The number of hydrogen-bond acceptors (Lipinski definition) is 4. The summed E-state index contributed by atoms with van der Waals surface area (Å²) in [6.07, 6.45) is 3.08. The normalized spacial score (nSPS) is 12.2. The van der Waals surface area contributed by atoms with E-state index in [1.54, 1.807) is 25.4 Å². The predicted molar refractivity (Wildman–Crippen MR) is 75.7 cm³/mol. The molecule has 2 N–H and O–H groups in total. The second-order valence-corrected chi connectivity index (χ2v) is 6.70. The van der Waals surface area contributed by atoms with Crippen molar-refractivity contribution in [3.8, 4) is 0 Å². The molecule has 0 bridgehead atoms. The lowest BCUT2D eigenvalue weighted by Gasteiger charge is -2.15. The number of sulfonamides is 1. The minimum absolute atomic E-state index is 0.270. The van der Waals surface area contributed by atoms with Crippen molar-refractivity contribution < 1.29 is 12.8 Å². The average Bonchev–Trinajstić information content (AvgIpc) is 3.00. The van der Waals surface area contributed by atoms with Crippen LogP contribution in [-0.2, 0) is 23.1 Å². The fourth-order valence-electron chi connectivity index (χ4n) is 1.94. The Morgan fingerprint density at radius 3 is 2.80 bits per heavy atom. The zero-order chi connectivity index (χ0) is 14.8. The molecule has 0 aliphatic heterocycles. The van der Waals surface area contributed by atoms with E-state index in [1.807, 2.05) is 14.0 Å². The van der Waals surface area contributed by atoms with E-state index >= 15 is 0 Å². The van der Waals surface area contributed by atoms with Crippen LogP contribution in [0.15, 0.2) is 33.9 Å². The van der Waals surface area contributed by atoms with Gasteiger partial charge in [-0.1, -0.05) is 0 Å². The van der Waals surface area contributed by atoms with Crippen LogP contribution in [-0.4, -0.2) is 31.8 Å². The van der Waals surface area contributed by atoms with E-state index < -0.39 is 10.0 Å². The van der Waals surface area contributed by atoms with Crippen LogP contribution in [0, 0.1) is 6.92 Å². The first-order valence-corrected chi connectivity index (χ1v) is 7.70. The molecule has 20 heavy (non-hydrogen) atoms. The van der Waals surface area contributed by atoms with Crippen LogP contribution >= 0.6 is 0 Å². The summed E-state index contributed by atoms with van der Waals surface area (Å²) >= 11 is 0. The van der Waals surface area contributed by atoms with E-state index in [-0.39, 0.29) is 11.4 Å². The molecule has 0 atom stereocenters. The molecule has 7 heteroatoms. The minimum Gasteiger partial charge on any atom is -0.469 e. The van der Waals surface area contributed by atoms with E-state index in [0.717, 1.165) is 17.0 Å². The van der Waals surface area contributed by atoms with E-state index in [9.17, 15) is 8.42 Å². The molecule has 6 nitrogen and oxygen atoms in total. The molecule has 0 saturated carbocycles. The number of nitrogens with one attached hydrogen (secondary N) is 2. The van der Waals surface area contributed by atoms with Crippen LogP contribution < -0.4 is 5.32 Å². The van der Waals surface area contributed by atoms with Crippen molar-refractivity contribution in [3.05, 3.63) is 41.6 Å². The molecule has 110 valence electrons. The monoisotopic (exact) mass is 297 g/mol. The Bertz CT molecular complexity index is 673. The third kappa shape index (κ3) is 2.95. The third-order valence-corrected chi connectivity index (χ3v) is 4.93. The molecule has 2 rings (SSSR count). The summed E-state index contributed by atoms with van der Waals surface area (Å²) in [5.41, 5.74) is 1.70. The molecule has 0 saturated heterocycles. The van der Waals surface area contributed by atoms with Gasteiger partial charge in [-0.25, -0.2) is 8.42 Å². The van der Waals surface area contributed by atoms with Crippen LogP contribution in [0.1, 0.15) is 17.0 Å². The molecular formula is C13H19N3O3S. The summed E-state index contributed by atoms with van der Waals surface area (Å²) in [4.78, 5) is 3.22. The van der Waals surface area contributed by atoms with E-state index in [4.69, 9.17) is 4.42 Å². The van der Waals surface area contributed by atoms with Crippen LogP contribution in [0.3, 0.4) is 0 Å². The van der Waals surface area contributed by atoms with Crippen LogP contribution in [0.4, 0.5) is 0 Å². The number of nitrogens with zero attached hydrogens (tertiary/aromatic N) is 1. The largest absolute Gasteiger partial charge is 0.469 e. The lowest BCUT2D eigenvalue weighted by atomic mass is 10.3. The highest BCUT2D eigenvalue weighted by molar-refractivity contribution is 7.89. The Hall–Kier alpha value is -1.57. The first-order chi connectivity index (χ1) is 9.45. The molecule has 2 heterocycles. The molecule has 0 radical (unpaired) electrons. The van der Waals surface area contributed by atoms with E-state index in [1.165, 1.54) is 10.5 Å². The van der Waals surface area contributed by atoms with Crippen molar-refractivity contribution in [2.45, 2.75) is 24.9 Å². The van der Waals surface area contributed by atoms with Gasteiger partial charge in [-0.15, -0.1) is 0 Å². The number of hydrogen-bond donors (Lipinski definition) is 2. The van der Waals surface area contributed by atoms with Gasteiger partial charge < -0.3 is 14.7 Å². The zero-order valence-corrected chi connectivity index (χ0v) is 12.6. The van der Waals surface area contributed by atoms with Gasteiger partial charge in [0, 0.05) is 37.6 Å². The van der Waals surface area contributed by atoms with Crippen LogP contribution in [0.2, 0.25) is 0 Å². The lowest BCUT2D eigenvalue weighted by molar-refractivity contribution is 0.459. The van der Waals surface area contributed by atoms with Crippen molar-refractivity contribution in [2.75, 3.05) is 14.1 Å². The van der Waals surface area contributed by atoms with Gasteiger partial charge in [-0.2, -0.15) is 4.31 Å². The molecule has 2 aromatic heterocycles. The Kier molecular flexibility index (Phi) is 4.32. The van der Waals surface area contributed by atoms with Crippen LogP contribution in [0.5, 0.6) is 0 Å². The van der Waals surface area contributed by atoms with Crippen molar-refractivity contribution in [2.24, 2.45) is 0 Å². The minimum atomic E-state index is -3.50. The van der Waals surface area contributed by atoms with Gasteiger partial charge >= 0.3 is 0 Å². The number of aryl methyl sites for hydroxylation is 1. The highest BCUT2D eigenvalue weighted by atomic mass is 32.2. The first-order valence-electron chi connectivity index (χ1n) is 6.26. The standard InChI is InChI=1S/C13H19N3O3S/c1-10-11(4-5-19-10)9-16(3)20(17,18)13-6-12(7-14-2)15-8-13/h4-6,8,14-15H,7,9H2,1-3H3. The van der Waals surface area contributed by atoms with E-state index in [0.29, 0.717) is 6.54 Å². The number of aromatic nitrogens is 1. The molecule has 0 unspecified atom stereocenters. The molecule has 2 aromatic rings. The predicted octanol–water partition coefficient (Wildman–Crippen LogP) is 1.46. The molecule has 0 spiro atoms. The fourth-order valence-corrected chi connectivity index (χ4v) is 3.11. The first kappa shape index (κ1) is 14.8. The topological polar surface area (TPSA) is 78.3 Å². The Morgan fingerprint density at radius 1 is 1.45 bits per heavy atom. The van der Waals surface area contributed by atoms with Crippen molar-refractivity contribution >= 4 is 10.0 Å². The maximum Gasteiger partial charge on any atom is 0.244 e. The van der Waals surface area contributed by atoms with Gasteiger partial charge in [0.25, 0.3) is 0 Å². The second-order valence-electron chi connectivity index (χ2n) is 4.65. The quantitative estimate of drug-likeness (QED) is 0.846. The summed E-state index contributed by atoms with van der Waals surface area (Å²) in [6, 6.07) is 3.43. The summed E-state index contributed by atoms with van der Waals surface area (Å²) in [7, 11) is -0.126. The molecule has 0 aliphatic rings. The maximum absolute atomic E-state index is 12.4. The fraction of sp³-hybridized carbons (Fsp3) is 0.385. The number of aromatic amines is 1. The number of rotatable bonds is 6. The lowest BCUT2D eigenvalue weighted by Crippen LogP contribution is -2.26. The Labute approximate surface area is 118 Å². The molecule has 0 aliphatic carbocycles. The maximum atomic E-state index is 12.4. The molecule has 0 amide bonds. The smallest absolute Gasteiger partial charge is 0.244 e. The van der Waals surface area contributed by atoms with Gasteiger partial charge in [-0.05, 0) is 26.1 Å². The number of furan rings is 1. The zero-order valence-electron chi connectivity index (χ0n) is 11.8. The second kappa shape index (κ2) is 5.82. The summed E-state index contributed by atoms with van der Waals surface area (Å²) in [5, 5.41) is 2.97. The highest BCUT2D eigenvalue weighted by Crippen LogP contribution is 2.19. The van der Waals surface area contributed by atoms with Crippen LogP contribution in [0.25, 0.3) is 0 Å². The van der Waals surface area contributed by atoms with Crippen molar-refractivity contribution in [1.82, 2.24) is 14.6 Å². The van der Waals surface area contributed by atoms with Gasteiger partial charge in [0.05, 0.1) is 11.2 Å². The van der Waals surface area contributed by atoms with Gasteiger partial charge in [-0.3, -0.25) is 0 Å². The van der Waals surface area contributed by atoms with Crippen molar-refractivity contribution in [1.29, 1.82) is 0 Å². The van der Waals surface area contributed by atoms with Gasteiger partial charge in [0.1, 0.15) is 5.76 Å². The molecular weight excluding hydrogens is 278 g/mol. The van der Waals surface area contributed by atoms with E-state index in [2.05, 4.69) is 10.3 Å². The third-order valence-electron chi connectivity index (χ3n) is 3.15. The summed E-state index contributed by atoms with van der Waals surface area (Å²) in [6.45, 7) is 2.70. The Balaban J connectivity index is 2.18.